The van der Waals surface area contributed by atoms with Gasteiger partial charge >= 0.3 is 6.09 Å². The Morgan fingerprint density at radius 3 is 2.23 bits per heavy atom. The molecule has 150 valence electrons. The van der Waals surface area contributed by atoms with Crippen molar-refractivity contribution in [2.75, 3.05) is 13.2 Å². The maximum atomic E-state index is 12.1. The van der Waals surface area contributed by atoms with Gasteiger partial charge in [-0.3, -0.25) is 10.1 Å². The first-order valence-electron chi connectivity index (χ1n) is 9.64. The summed E-state index contributed by atoms with van der Waals surface area (Å²) in [6.45, 7) is 0.455. The van der Waals surface area contributed by atoms with E-state index in [0.717, 1.165) is 11.1 Å². The summed E-state index contributed by atoms with van der Waals surface area (Å²) >= 11 is 0. The van der Waals surface area contributed by atoms with Gasteiger partial charge in [-0.2, -0.15) is 0 Å². The molecule has 1 amide bonds. The van der Waals surface area contributed by atoms with Crippen LogP contribution in [0.1, 0.15) is 22.6 Å². The van der Waals surface area contributed by atoms with Crippen LogP contribution in [0.3, 0.4) is 0 Å². The average Bonchev–Trinajstić information content (AvgIpc) is 3.09. The number of nitrogens with one attached hydrogen (secondary N) is 1. The van der Waals surface area contributed by atoms with Crippen molar-refractivity contribution in [3.05, 3.63) is 106 Å². The molecule has 0 spiro atoms. The van der Waals surface area contributed by atoms with E-state index in [9.17, 15) is 14.9 Å². The van der Waals surface area contributed by atoms with E-state index >= 15 is 0 Å². The zero-order valence-electron chi connectivity index (χ0n) is 16.2. The summed E-state index contributed by atoms with van der Waals surface area (Å²) in [6.07, 6.45) is 2.75. The number of nitro benzene ring substituents is 1. The van der Waals surface area contributed by atoms with Crippen molar-refractivity contribution < 1.29 is 14.5 Å². The van der Waals surface area contributed by atoms with E-state index in [2.05, 4.69) is 29.6 Å². The second kappa shape index (κ2) is 8.61. The summed E-state index contributed by atoms with van der Waals surface area (Å²) in [5.74, 6) is 0.00524. The number of rotatable bonds is 6. The SMILES string of the molecule is O=C(NCC=Cc1ccccc1[N+](=O)[O-])OCC1c2ccccc2-c2ccccc21. The Bertz CT molecular complexity index is 1080. The van der Waals surface area contributed by atoms with Crippen LogP contribution < -0.4 is 5.32 Å². The molecule has 0 aliphatic heterocycles. The van der Waals surface area contributed by atoms with E-state index in [1.807, 2.05) is 24.3 Å². The minimum absolute atomic E-state index is 0.00524. The molecule has 0 radical (unpaired) electrons. The number of alkyl carbamates (subject to hydrolysis) is 1. The number of nitro groups is 1. The van der Waals surface area contributed by atoms with Crippen LogP contribution in [0.2, 0.25) is 0 Å². The molecule has 30 heavy (non-hydrogen) atoms. The summed E-state index contributed by atoms with van der Waals surface area (Å²) in [6, 6.07) is 22.7. The van der Waals surface area contributed by atoms with E-state index in [1.165, 1.54) is 17.2 Å². The molecular formula is C24H20N2O4. The average molecular weight is 400 g/mol. The Morgan fingerprint density at radius 1 is 0.967 bits per heavy atom. The lowest BCUT2D eigenvalue weighted by molar-refractivity contribution is -0.385. The van der Waals surface area contributed by atoms with Gasteiger partial charge in [-0.25, -0.2) is 4.79 Å². The predicted octanol–water partition coefficient (Wildman–Crippen LogP) is 5.15. The first-order chi connectivity index (χ1) is 14.6. The molecule has 0 atom stereocenters. The highest BCUT2D eigenvalue weighted by Gasteiger charge is 2.28. The van der Waals surface area contributed by atoms with E-state index in [1.54, 1.807) is 30.4 Å². The molecule has 0 saturated carbocycles. The number of carbonyl (C=O) groups excluding carboxylic acids is 1. The molecule has 0 unspecified atom stereocenters. The molecule has 0 bridgehead atoms. The standard InChI is InChI=1S/C24H20N2O4/c27-24(25-15-7-9-17-8-1-6-14-23(17)26(28)29)30-16-22-20-12-4-2-10-18(20)19-11-3-5-13-21(19)22/h1-14,22H,15-16H2,(H,25,27). The predicted molar refractivity (Wildman–Crippen MR) is 115 cm³/mol. The fraction of sp³-hybridized carbons (Fsp3) is 0.125. The third-order valence-corrected chi connectivity index (χ3v) is 5.14. The van der Waals surface area contributed by atoms with Gasteiger partial charge in [-0.15, -0.1) is 0 Å². The zero-order chi connectivity index (χ0) is 20.9. The van der Waals surface area contributed by atoms with Crippen molar-refractivity contribution in [3.8, 4) is 11.1 Å². The summed E-state index contributed by atoms with van der Waals surface area (Å²) in [5, 5.41) is 13.7. The number of hydrogen-bond donors (Lipinski definition) is 1. The number of para-hydroxylation sites is 1. The van der Waals surface area contributed by atoms with Gasteiger partial charge in [-0.1, -0.05) is 72.8 Å². The maximum absolute atomic E-state index is 12.1. The molecular weight excluding hydrogens is 380 g/mol. The van der Waals surface area contributed by atoms with Gasteiger partial charge in [-0.05, 0) is 28.3 Å². The molecule has 0 fully saturated rings. The van der Waals surface area contributed by atoms with Gasteiger partial charge in [0.05, 0.1) is 10.5 Å². The molecule has 0 aromatic heterocycles. The first kappa shape index (κ1) is 19.4. The monoisotopic (exact) mass is 400 g/mol. The minimum Gasteiger partial charge on any atom is -0.449 e. The highest BCUT2D eigenvalue weighted by Crippen LogP contribution is 2.44. The van der Waals surface area contributed by atoms with Crippen LogP contribution in [0.15, 0.2) is 78.9 Å². The van der Waals surface area contributed by atoms with Crippen molar-refractivity contribution in [1.29, 1.82) is 0 Å². The lowest BCUT2D eigenvalue weighted by Gasteiger charge is -2.14. The molecule has 0 heterocycles. The minimum atomic E-state index is -0.524. The Balaban J connectivity index is 1.34. The Hall–Kier alpha value is -3.93. The molecule has 1 aliphatic carbocycles. The number of amides is 1. The van der Waals surface area contributed by atoms with Crippen LogP contribution in [0.4, 0.5) is 10.5 Å². The number of benzene rings is 3. The largest absolute Gasteiger partial charge is 0.449 e. The van der Waals surface area contributed by atoms with E-state index in [4.69, 9.17) is 4.74 Å². The summed E-state index contributed by atoms with van der Waals surface area (Å²) in [4.78, 5) is 22.7. The first-order valence-corrected chi connectivity index (χ1v) is 9.64. The highest BCUT2D eigenvalue weighted by molar-refractivity contribution is 5.79. The summed E-state index contributed by atoms with van der Waals surface area (Å²) in [7, 11) is 0. The van der Waals surface area contributed by atoms with Crippen LogP contribution in [-0.4, -0.2) is 24.2 Å². The molecule has 1 aliphatic rings. The van der Waals surface area contributed by atoms with Gasteiger partial charge < -0.3 is 10.1 Å². The van der Waals surface area contributed by atoms with Gasteiger partial charge in [0.25, 0.3) is 5.69 Å². The lowest BCUT2D eigenvalue weighted by Crippen LogP contribution is -2.26. The molecule has 0 saturated heterocycles. The van der Waals surface area contributed by atoms with Gasteiger partial charge in [0.15, 0.2) is 0 Å². The summed E-state index contributed by atoms with van der Waals surface area (Å²) < 4.78 is 5.46. The summed E-state index contributed by atoms with van der Waals surface area (Å²) in [5.41, 5.74) is 5.17. The van der Waals surface area contributed by atoms with Crippen molar-refractivity contribution in [1.82, 2.24) is 5.32 Å². The Morgan fingerprint density at radius 2 is 1.57 bits per heavy atom. The zero-order valence-corrected chi connectivity index (χ0v) is 16.2. The lowest BCUT2D eigenvalue weighted by atomic mass is 9.98. The second-order valence-corrected chi connectivity index (χ2v) is 6.92. The molecule has 4 rings (SSSR count). The number of fused-ring (bicyclic) bond motifs is 3. The van der Waals surface area contributed by atoms with Crippen molar-refractivity contribution in [2.45, 2.75) is 5.92 Å². The van der Waals surface area contributed by atoms with Crippen LogP contribution in [0.25, 0.3) is 17.2 Å². The van der Waals surface area contributed by atoms with Gasteiger partial charge in [0.2, 0.25) is 0 Å². The molecule has 3 aromatic carbocycles. The molecule has 3 aromatic rings. The molecule has 6 heteroatoms. The fourth-order valence-electron chi connectivity index (χ4n) is 3.77. The van der Waals surface area contributed by atoms with Gasteiger partial charge in [0.1, 0.15) is 6.61 Å². The second-order valence-electron chi connectivity index (χ2n) is 6.92. The Labute approximate surface area is 174 Å². The maximum Gasteiger partial charge on any atom is 0.407 e. The third kappa shape index (κ3) is 3.93. The number of ether oxygens (including phenoxy) is 1. The van der Waals surface area contributed by atoms with E-state index < -0.39 is 11.0 Å². The number of hydrogen-bond acceptors (Lipinski definition) is 4. The quantitative estimate of drug-likeness (QED) is 0.458. The van der Waals surface area contributed by atoms with Crippen LogP contribution in [0, 0.1) is 10.1 Å². The molecule has 6 nitrogen and oxygen atoms in total. The fourth-order valence-corrected chi connectivity index (χ4v) is 3.77. The normalized spacial score (nSPS) is 12.4. The van der Waals surface area contributed by atoms with E-state index in [0.29, 0.717) is 5.56 Å². The van der Waals surface area contributed by atoms with Crippen molar-refractivity contribution in [2.24, 2.45) is 0 Å². The number of nitrogens with zero attached hydrogens (tertiary/aromatic N) is 1. The Kier molecular flexibility index (Phi) is 5.57. The smallest absolute Gasteiger partial charge is 0.407 e. The van der Waals surface area contributed by atoms with E-state index in [-0.39, 0.29) is 24.8 Å². The topological polar surface area (TPSA) is 81.5 Å². The van der Waals surface area contributed by atoms with Gasteiger partial charge in [0, 0.05) is 18.5 Å². The molecule has 1 N–H and O–H groups in total. The van der Waals surface area contributed by atoms with Crippen LogP contribution in [0.5, 0.6) is 0 Å². The van der Waals surface area contributed by atoms with Crippen molar-refractivity contribution in [3.63, 3.8) is 0 Å². The third-order valence-electron chi connectivity index (χ3n) is 5.14. The van der Waals surface area contributed by atoms with Crippen LogP contribution in [-0.2, 0) is 4.74 Å². The van der Waals surface area contributed by atoms with Crippen molar-refractivity contribution >= 4 is 17.9 Å². The number of carbonyl (C=O) groups is 1. The highest BCUT2D eigenvalue weighted by atomic mass is 16.6. The van der Waals surface area contributed by atoms with Crippen LogP contribution >= 0.6 is 0 Å².